The van der Waals surface area contributed by atoms with Crippen LogP contribution >= 0.6 is 11.6 Å². The predicted molar refractivity (Wildman–Crippen MR) is 101 cm³/mol. The highest BCUT2D eigenvalue weighted by molar-refractivity contribution is 6.30. The predicted octanol–water partition coefficient (Wildman–Crippen LogP) is 4.29. The maximum absolute atomic E-state index is 12.0. The number of rotatable bonds is 6. The van der Waals surface area contributed by atoms with E-state index in [0.29, 0.717) is 35.3 Å². The minimum Gasteiger partial charge on any atom is -0.493 e. The van der Waals surface area contributed by atoms with Crippen LogP contribution in [0.5, 0.6) is 11.5 Å². The molecule has 0 aliphatic carbocycles. The van der Waals surface area contributed by atoms with Crippen molar-refractivity contribution >= 4 is 29.5 Å². The Labute approximate surface area is 156 Å². The van der Waals surface area contributed by atoms with Crippen LogP contribution in [0, 0.1) is 0 Å². The van der Waals surface area contributed by atoms with Gasteiger partial charge in [-0.15, -0.1) is 0 Å². The molecule has 2 aromatic rings. The van der Waals surface area contributed by atoms with Gasteiger partial charge in [-0.25, -0.2) is 9.79 Å². The molecule has 26 heavy (non-hydrogen) atoms. The largest absolute Gasteiger partial charge is 0.493 e. The smallest absolute Gasteiger partial charge is 0.363 e. The van der Waals surface area contributed by atoms with E-state index in [-0.39, 0.29) is 5.70 Å². The maximum atomic E-state index is 12.0. The molecule has 0 bridgehead atoms. The monoisotopic (exact) mass is 371 g/mol. The lowest BCUT2D eigenvalue weighted by atomic mass is 10.1. The summed E-state index contributed by atoms with van der Waals surface area (Å²) in [5.74, 6) is 1.15. The summed E-state index contributed by atoms with van der Waals surface area (Å²) in [6, 6.07) is 12.9. The molecule has 2 aromatic carbocycles. The number of hydrogen-bond donors (Lipinski definition) is 0. The number of hydrogen-bond acceptors (Lipinski definition) is 5. The third-order valence-electron chi connectivity index (χ3n) is 3.89. The number of nitrogens with zero attached hydrogens (tertiary/aromatic N) is 1. The van der Waals surface area contributed by atoms with Crippen LogP contribution < -0.4 is 9.47 Å². The molecule has 5 nitrogen and oxygen atoms in total. The Balaban J connectivity index is 1.74. The van der Waals surface area contributed by atoms with Gasteiger partial charge in [-0.05, 0) is 47.9 Å². The van der Waals surface area contributed by atoms with E-state index in [9.17, 15) is 4.79 Å². The fourth-order valence-corrected chi connectivity index (χ4v) is 2.82. The average Bonchev–Trinajstić information content (AvgIpc) is 2.99. The first-order valence-corrected chi connectivity index (χ1v) is 8.45. The van der Waals surface area contributed by atoms with Crippen molar-refractivity contribution in [2.24, 2.45) is 4.99 Å². The summed E-state index contributed by atoms with van der Waals surface area (Å²) >= 11 is 5.98. The summed E-state index contributed by atoms with van der Waals surface area (Å²) in [7, 11) is 3.13. The van der Waals surface area contributed by atoms with Crippen LogP contribution in [-0.4, -0.2) is 26.1 Å². The molecule has 0 aromatic heterocycles. The van der Waals surface area contributed by atoms with Gasteiger partial charge in [0.25, 0.3) is 0 Å². The first-order chi connectivity index (χ1) is 12.6. The van der Waals surface area contributed by atoms with E-state index in [1.807, 2.05) is 30.3 Å². The van der Waals surface area contributed by atoms with E-state index in [0.717, 1.165) is 11.1 Å². The van der Waals surface area contributed by atoms with Gasteiger partial charge in [0.1, 0.15) is 0 Å². The molecule has 1 aliphatic rings. The highest BCUT2D eigenvalue weighted by Crippen LogP contribution is 2.29. The first-order valence-electron chi connectivity index (χ1n) is 8.07. The maximum Gasteiger partial charge on any atom is 0.363 e. The summed E-state index contributed by atoms with van der Waals surface area (Å²) in [6.07, 6.45) is 2.88. The number of halogens is 1. The van der Waals surface area contributed by atoms with Crippen molar-refractivity contribution in [3.8, 4) is 11.5 Å². The summed E-state index contributed by atoms with van der Waals surface area (Å²) in [5, 5.41) is 0.682. The third-order valence-corrected chi connectivity index (χ3v) is 4.13. The van der Waals surface area contributed by atoms with Gasteiger partial charge in [-0.3, -0.25) is 0 Å². The molecule has 134 valence electrons. The number of benzene rings is 2. The van der Waals surface area contributed by atoms with E-state index in [1.165, 1.54) is 0 Å². The van der Waals surface area contributed by atoms with Crippen LogP contribution in [0.2, 0.25) is 5.02 Å². The zero-order chi connectivity index (χ0) is 18.5. The Morgan fingerprint density at radius 3 is 2.62 bits per heavy atom. The molecule has 1 heterocycles. The Morgan fingerprint density at radius 1 is 1.08 bits per heavy atom. The van der Waals surface area contributed by atoms with Crippen molar-refractivity contribution in [1.29, 1.82) is 0 Å². The standard InChI is InChI=1S/C20H18ClNO4/c1-24-17-8-6-14(12-18(17)25-2)11-16-20(23)26-19(22-16)9-7-13-4-3-5-15(21)10-13/h3-6,8,10-12H,7,9H2,1-2H3/b16-11+. The zero-order valence-electron chi connectivity index (χ0n) is 14.5. The van der Waals surface area contributed by atoms with Gasteiger partial charge < -0.3 is 14.2 Å². The normalized spacial score (nSPS) is 15.0. The van der Waals surface area contributed by atoms with Crippen molar-refractivity contribution in [3.63, 3.8) is 0 Å². The van der Waals surface area contributed by atoms with Gasteiger partial charge in [-0.1, -0.05) is 29.8 Å². The fraction of sp³-hybridized carbons (Fsp3) is 0.200. The minimum atomic E-state index is -0.458. The van der Waals surface area contributed by atoms with Crippen molar-refractivity contribution in [2.75, 3.05) is 14.2 Å². The Hall–Kier alpha value is -2.79. The molecule has 6 heteroatoms. The molecule has 0 saturated heterocycles. The van der Waals surface area contributed by atoms with Crippen molar-refractivity contribution in [1.82, 2.24) is 0 Å². The van der Waals surface area contributed by atoms with Gasteiger partial charge in [0.05, 0.1) is 14.2 Å². The number of aryl methyl sites for hydroxylation is 1. The SMILES string of the molecule is COc1ccc(/C=C2/N=C(CCc3cccc(Cl)c3)OC2=O)cc1OC. The second-order valence-electron chi connectivity index (χ2n) is 5.67. The van der Waals surface area contributed by atoms with E-state index >= 15 is 0 Å². The second-order valence-corrected chi connectivity index (χ2v) is 6.11. The van der Waals surface area contributed by atoms with Crippen molar-refractivity contribution < 1.29 is 19.0 Å². The van der Waals surface area contributed by atoms with Gasteiger partial charge in [0.2, 0.25) is 0 Å². The Kier molecular flexibility index (Phi) is 5.58. The van der Waals surface area contributed by atoms with Crippen molar-refractivity contribution in [3.05, 3.63) is 64.3 Å². The lowest BCUT2D eigenvalue weighted by Gasteiger charge is -2.07. The number of esters is 1. The van der Waals surface area contributed by atoms with Crippen LogP contribution in [-0.2, 0) is 16.0 Å². The summed E-state index contributed by atoms with van der Waals surface area (Å²) in [5.41, 5.74) is 2.10. The van der Waals surface area contributed by atoms with Crippen LogP contribution in [0.4, 0.5) is 0 Å². The molecule has 0 unspecified atom stereocenters. The van der Waals surface area contributed by atoms with Crippen LogP contribution in [0.1, 0.15) is 17.5 Å². The number of aliphatic imine (C=N–C) groups is 1. The number of ether oxygens (including phenoxy) is 3. The van der Waals surface area contributed by atoms with Crippen LogP contribution in [0.25, 0.3) is 6.08 Å². The molecular formula is C20H18ClNO4. The molecule has 3 rings (SSSR count). The quantitative estimate of drug-likeness (QED) is 0.561. The molecule has 0 fully saturated rings. The Morgan fingerprint density at radius 2 is 1.88 bits per heavy atom. The topological polar surface area (TPSA) is 57.1 Å². The number of methoxy groups -OCH3 is 2. The van der Waals surface area contributed by atoms with Gasteiger partial charge in [-0.2, -0.15) is 0 Å². The highest BCUT2D eigenvalue weighted by atomic mass is 35.5. The minimum absolute atomic E-state index is 0.262. The number of cyclic esters (lactones) is 1. The summed E-state index contributed by atoms with van der Waals surface area (Å²) < 4.78 is 15.7. The van der Waals surface area contributed by atoms with E-state index in [4.69, 9.17) is 25.8 Å². The molecule has 0 atom stereocenters. The van der Waals surface area contributed by atoms with Gasteiger partial charge in [0, 0.05) is 11.4 Å². The Bertz CT molecular complexity index is 889. The van der Waals surface area contributed by atoms with E-state index in [2.05, 4.69) is 4.99 Å². The zero-order valence-corrected chi connectivity index (χ0v) is 15.2. The lowest BCUT2D eigenvalue weighted by Crippen LogP contribution is -2.05. The van der Waals surface area contributed by atoms with Gasteiger partial charge in [0.15, 0.2) is 23.1 Å². The lowest BCUT2D eigenvalue weighted by molar-refractivity contribution is -0.130. The molecule has 0 N–H and O–H groups in total. The molecule has 0 saturated carbocycles. The van der Waals surface area contributed by atoms with E-state index < -0.39 is 5.97 Å². The number of carbonyl (C=O) groups is 1. The first kappa shape index (κ1) is 18.0. The van der Waals surface area contributed by atoms with Crippen molar-refractivity contribution in [2.45, 2.75) is 12.8 Å². The van der Waals surface area contributed by atoms with E-state index in [1.54, 1.807) is 32.4 Å². The molecule has 0 radical (unpaired) electrons. The third kappa shape index (κ3) is 4.24. The molecular weight excluding hydrogens is 354 g/mol. The molecule has 0 amide bonds. The van der Waals surface area contributed by atoms with Crippen LogP contribution in [0.3, 0.4) is 0 Å². The second kappa shape index (κ2) is 8.06. The fourth-order valence-electron chi connectivity index (χ4n) is 2.60. The van der Waals surface area contributed by atoms with Gasteiger partial charge >= 0.3 is 5.97 Å². The molecule has 0 spiro atoms. The average molecular weight is 372 g/mol. The highest BCUT2D eigenvalue weighted by Gasteiger charge is 2.22. The summed E-state index contributed by atoms with van der Waals surface area (Å²) in [6.45, 7) is 0. The summed E-state index contributed by atoms with van der Waals surface area (Å²) in [4.78, 5) is 16.4. The molecule has 1 aliphatic heterocycles. The number of carbonyl (C=O) groups excluding carboxylic acids is 1. The van der Waals surface area contributed by atoms with Crippen LogP contribution in [0.15, 0.2) is 53.2 Å².